The molecule has 0 fully saturated rings. The van der Waals surface area contributed by atoms with Gasteiger partial charge in [0, 0.05) is 4.88 Å². The lowest BCUT2D eigenvalue weighted by Crippen LogP contribution is -2.69. The molecule has 11 heteroatoms. The lowest BCUT2D eigenvalue weighted by Gasteiger charge is -2.34. The number of aryl methyl sites for hydroxylation is 1. The average molecular weight is 441 g/mol. The molecule has 1 aliphatic carbocycles. The monoisotopic (exact) mass is 441 g/mol. The van der Waals surface area contributed by atoms with Gasteiger partial charge in [-0.05, 0) is 50.3 Å². The summed E-state index contributed by atoms with van der Waals surface area (Å²) >= 11 is 0.973. The maximum Gasteiger partial charge on any atom is 0.441 e. The fourth-order valence-corrected chi connectivity index (χ4v) is 4.51. The first-order valence-electron chi connectivity index (χ1n) is 9.16. The largest absolute Gasteiger partial charge is 0.463 e. The van der Waals surface area contributed by atoms with Crippen LogP contribution in [0.1, 0.15) is 46.3 Å². The van der Waals surface area contributed by atoms with Crippen molar-refractivity contribution < 1.29 is 31.9 Å². The molecule has 0 radical (unpaired) electrons. The minimum Gasteiger partial charge on any atom is -0.463 e. The molecular formula is C19H18F3N3O4S. The Labute approximate surface area is 173 Å². The van der Waals surface area contributed by atoms with Crippen LogP contribution in [0.5, 0.6) is 0 Å². The third kappa shape index (κ3) is 3.87. The van der Waals surface area contributed by atoms with E-state index in [2.05, 4.69) is 10.1 Å². The Balaban J connectivity index is 2.09. The van der Waals surface area contributed by atoms with Gasteiger partial charge in [0.2, 0.25) is 0 Å². The van der Waals surface area contributed by atoms with Crippen LogP contribution in [0.3, 0.4) is 0 Å². The fraction of sp³-hybridized carbons (Fsp3) is 0.421. The molecule has 0 spiro atoms. The highest BCUT2D eigenvalue weighted by Gasteiger charge is 2.64. The first-order chi connectivity index (χ1) is 14.2. The number of halogens is 3. The van der Waals surface area contributed by atoms with Gasteiger partial charge in [-0.2, -0.15) is 18.4 Å². The zero-order valence-electron chi connectivity index (χ0n) is 15.9. The van der Waals surface area contributed by atoms with Gasteiger partial charge in [-0.1, -0.05) is 0 Å². The third-order valence-electron chi connectivity index (χ3n) is 4.64. The molecule has 0 unspecified atom stereocenters. The second kappa shape index (κ2) is 8.39. The summed E-state index contributed by atoms with van der Waals surface area (Å²) in [5.74, 6) is -3.42. The van der Waals surface area contributed by atoms with Crippen LogP contribution in [0.2, 0.25) is 0 Å². The lowest BCUT2D eigenvalue weighted by molar-refractivity contribution is -0.204. The highest BCUT2D eigenvalue weighted by molar-refractivity contribution is 7.16. The molecule has 2 aromatic rings. The Kier molecular flexibility index (Phi) is 6.07. The molecule has 1 atom stereocenters. The molecule has 0 aliphatic heterocycles. The van der Waals surface area contributed by atoms with Gasteiger partial charge in [0.05, 0.1) is 18.4 Å². The number of furan rings is 1. The van der Waals surface area contributed by atoms with E-state index < -0.39 is 29.5 Å². The summed E-state index contributed by atoms with van der Waals surface area (Å²) in [5, 5.41) is 13.2. The maximum atomic E-state index is 14.3. The number of hydrogen-bond acceptors (Lipinski definition) is 7. The van der Waals surface area contributed by atoms with E-state index in [-0.39, 0.29) is 17.2 Å². The van der Waals surface area contributed by atoms with Crippen molar-refractivity contribution >= 4 is 28.2 Å². The molecule has 7 nitrogen and oxygen atoms in total. The molecule has 30 heavy (non-hydrogen) atoms. The van der Waals surface area contributed by atoms with Crippen LogP contribution in [-0.4, -0.2) is 30.3 Å². The first kappa shape index (κ1) is 21.7. The Morgan fingerprint density at radius 1 is 1.33 bits per heavy atom. The van der Waals surface area contributed by atoms with Crippen LogP contribution in [0.4, 0.5) is 18.2 Å². The number of fused-ring (bicyclic) bond motifs is 1. The zero-order valence-corrected chi connectivity index (χ0v) is 16.7. The van der Waals surface area contributed by atoms with Gasteiger partial charge < -0.3 is 19.8 Å². The smallest absolute Gasteiger partial charge is 0.441 e. The van der Waals surface area contributed by atoms with Gasteiger partial charge in [0.1, 0.15) is 11.1 Å². The van der Waals surface area contributed by atoms with Crippen molar-refractivity contribution in [3.05, 3.63) is 40.2 Å². The number of amides is 1. The minimum absolute atomic E-state index is 0.0415. The summed E-state index contributed by atoms with van der Waals surface area (Å²) in [7, 11) is 0. The predicted molar refractivity (Wildman–Crippen MR) is 101 cm³/mol. The SMILES string of the molecule is CCOC(=O)[C@@](NC(=O)c1ccco1)(Nc1sc2c(c1C#N)CCCC2)C(F)(F)F. The van der Waals surface area contributed by atoms with Crippen molar-refractivity contribution in [3.8, 4) is 6.07 Å². The molecule has 160 valence electrons. The van der Waals surface area contributed by atoms with Crippen molar-refractivity contribution in [2.24, 2.45) is 0 Å². The summed E-state index contributed by atoms with van der Waals surface area (Å²) in [6.07, 6.45) is -1.31. The zero-order chi connectivity index (χ0) is 21.9. The van der Waals surface area contributed by atoms with E-state index in [4.69, 9.17) is 4.42 Å². The summed E-state index contributed by atoms with van der Waals surface area (Å²) in [6, 6.07) is 4.41. The number of alkyl halides is 3. The van der Waals surface area contributed by atoms with Crippen LogP contribution < -0.4 is 10.6 Å². The van der Waals surface area contributed by atoms with Crippen LogP contribution in [0.25, 0.3) is 0 Å². The number of ether oxygens (including phenoxy) is 1. The van der Waals surface area contributed by atoms with Crippen LogP contribution >= 0.6 is 11.3 Å². The number of nitrogens with zero attached hydrogens (tertiary/aromatic N) is 1. The van der Waals surface area contributed by atoms with Gasteiger partial charge >= 0.3 is 17.8 Å². The average Bonchev–Trinajstić information content (AvgIpc) is 3.34. The second-order valence-corrected chi connectivity index (χ2v) is 7.66. The van der Waals surface area contributed by atoms with E-state index >= 15 is 0 Å². The standard InChI is InChI=1S/C19H18F3N3O4S/c1-2-28-17(27)18(19(20,21)22,24-15(26)13-7-5-9-29-13)25-16-12(10-23)11-6-3-4-8-14(11)30-16/h5,7,9,25H,2-4,6,8H2,1H3,(H,24,26)/t18-/m1/s1. The summed E-state index contributed by atoms with van der Waals surface area (Å²) in [5.41, 5.74) is -2.89. The highest BCUT2D eigenvalue weighted by Crippen LogP contribution is 2.41. The number of thiophene rings is 1. The van der Waals surface area contributed by atoms with Crippen molar-refractivity contribution in [3.63, 3.8) is 0 Å². The second-order valence-electron chi connectivity index (χ2n) is 6.55. The minimum atomic E-state index is -5.29. The number of rotatable bonds is 6. The van der Waals surface area contributed by atoms with Crippen LogP contribution in [0, 0.1) is 11.3 Å². The quantitative estimate of drug-likeness (QED) is 0.523. The number of anilines is 1. The van der Waals surface area contributed by atoms with E-state index in [1.54, 1.807) is 5.32 Å². The van der Waals surface area contributed by atoms with Crippen molar-refractivity contribution in [2.75, 3.05) is 11.9 Å². The first-order valence-corrected chi connectivity index (χ1v) is 9.98. The fourth-order valence-electron chi connectivity index (χ4n) is 3.21. The lowest BCUT2D eigenvalue weighted by atomic mass is 9.96. The highest BCUT2D eigenvalue weighted by atomic mass is 32.1. The summed E-state index contributed by atoms with van der Waals surface area (Å²) in [4.78, 5) is 25.7. The third-order valence-corrected chi connectivity index (χ3v) is 5.84. The van der Waals surface area contributed by atoms with Gasteiger partial charge in [-0.15, -0.1) is 11.3 Å². The molecule has 0 bridgehead atoms. The van der Waals surface area contributed by atoms with E-state index in [9.17, 15) is 28.0 Å². The van der Waals surface area contributed by atoms with Gasteiger partial charge in [-0.25, -0.2) is 4.79 Å². The van der Waals surface area contributed by atoms with E-state index in [0.29, 0.717) is 18.4 Å². The Bertz CT molecular complexity index is 979. The predicted octanol–water partition coefficient (Wildman–Crippen LogP) is 3.76. The van der Waals surface area contributed by atoms with Crippen LogP contribution in [0.15, 0.2) is 22.8 Å². The Morgan fingerprint density at radius 2 is 2.07 bits per heavy atom. The Morgan fingerprint density at radius 3 is 2.67 bits per heavy atom. The normalized spacial score (nSPS) is 15.4. The summed E-state index contributed by atoms with van der Waals surface area (Å²) < 4.78 is 52.3. The van der Waals surface area contributed by atoms with Gasteiger partial charge in [0.15, 0.2) is 5.76 Å². The summed E-state index contributed by atoms with van der Waals surface area (Å²) in [6.45, 7) is 0.999. The van der Waals surface area contributed by atoms with E-state index in [0.717, 1.165) is 41.4 Å². The molecule has 1 amide bonds. The number of carbonyl (C=O) groups excluding carboxylic acids is 2. The molecule has 2 N–H and O–H groups in total. The molecule has 3 rings (SSSR count). The maximum absolute atomic E-state index is 14.3. The number of carbonyl (C=O) groups is 2. The molecule has 2 aromatic heterocycles. The number of hydrogen-bond donors (Lipinski definition) is 2. The molecule has 1 aliphatic rings. The van der Waals surface area contributed by atoms with Crippen molar-refractivity contribution in [2.45, 2.75) is 44.4 Å². The molecule has 2 heterocycles. The number of esters is 1. The number of nitrogens with one attached hydrogen (secondary N) is 2. The van der Waals surface area contributed by atoms with Crippen molar-refractivity contribution in [1.29, 1.82) is 5.26 Å². The molecular weight excluding hydrogens is 423 g/mol. The van der Waals surface area contributed by atoms with Crippen LogP contribution in [-0.2, 0) is 22.4 Å². The van der Waals surface area contributed by atoms with E-state index in [1.807, 2.05) is 6.07 Å². The van der Waals surface area contributed by atoms with Gasteiger partial charge in [0.25, 0.3) is 5.91 Å². The molecule has 0 saturated heterocycles. The molecule has 0 saturated carbocycles. The van der Waals surface area contributed by atoms with E-state index in [1.165, 1.54) is 13.0 Å². The molecule has 0 aromatic carbocycles. The van der Waals surface area contributed by atoms with Crippen molar-refractivity contribution in [1.82, 2.24) is 5.32 Å². The van der Waals surface area contributed by atoms with Gasteiger partial charge in [-0.3, -0.25) is 4.79 Å². The topological polar surface area (TPSA) is 104 Å². The Hall–Kier alpha value is -3.00. The number of nitriles is 1.